The second-order valence-corrected chi connectivity index (χ2v) is 6.97. The molecular formula is C23H18F4N4O. The molecular weight excluding hydrogens is 424 g/mol. The van der Waals surface area contributed by atoms with Crippen molar-refractivity contribution in [1.29, 1.82) is 0 Å². The fraction of sp³-hybridized carbons (Fsp3) is 0.174. The Hall–Kier alpha value is -3.84. The van der Waals surface area contributed by atoms with Crippen molar-refractivity contribution in [3.8, 4) is 0 Å². The Kier molecular flexibility index (Phi) is 7.12. The first-order chi connectivity index (χ1) is 15.3. The van der Waals surface area contributed by atoms with Crippen molar-refractivity contribution in [2.75, 3.05) is 0 Å². The molecule has 0 saturated carbocycles. The SMILES string of the molecule is [N-]=[N+]=N[C@@H](c1ccccc1)[C@@H](NC(=O)c1cc(CF)cc(C(F)(F)F)c1)c1ccccc1. The molecule has 164 valence electrons. The van der Waals surface area contributed by atoms with Gasteiger partial charge in [0.15, 0.2) is 0 Å². The summed E-state index contributed by atoms with van der Waals surface area (Å²) in [6.07, 6.45) is -4.74. The van der Waals surface area contributed by atoms with Crippen molar-refractivity contribution in [3.05, 3.63) is 117 Å². The van der Waals surface area contributed by atoms with Gasteiger partial charge >= 0.3 is 6.18 Å². The quantitative estimate of drug-likeness (QED) is 0.188. The number of nitrogens with one attached hydrogen (secondary N) is 1. The molecule has 2 atom stereocenters. The monoisotopic (exact) mass is 442 g/mol. The molecule has 0 aromatic heterocycles. The summed E-state index contributed by atoms with van der Waals surface area (Å²) in [7, 11) is 0. The number of alkyl halides is 4. The topological polar surface area (TPSA) is 77.9 Å². The lowest BCUT2D eigenvalue weighted by atomic mass is 9.93. The highest BCUT2D eigenvalue weighted by molar-refractivity contribution is 5.95. The van der Waals surface area contributed by atoms with Gasteiger partial charge in [-0.3, -0.25) is 4.79 Å². The van der Waals surface area contributed by atoms with E-state index in [2.05, 4.69) is 15.3 Å². The molecule has 1 N–H and O–H groups in total. The van der Waals surface area contributed by atoms with Gasteiger partial charge in [-0.05, 0) is 40.4 Å². The molecule has 0 aliphatic heterocycles. The van der Waals surface area contributed by atoms with Crippen molar-refractivity contribution < 1.29 is 22.4 Å². The lowest BCUT2D eigenvalue weighted by molar-refractivity contribution is -0.137. The number of amides is 1. The maximum atomic E-state index is 13.2. The van der Waals surface area contributed by atoms with E-state index in [1.165, 1.54) is 0 Å². The molecule has 0 fully saturated rings. The highest BCUT2D eigenvalue weighted by Gasteiger charge is 2.32. The average Bonchev–Trinajstić information content (AvgIpc) is 2.81. The van der Waals surface area contributed by atoms with E-state index in [1.54, 1.807) is 60.7 Å². The first-order valence-electron chi connectivity index (χ1n) is 9.55. The summed E-state index contributed by atoms with van der Waals surface area (Å²) in [6, 6.07) is 17.9. The zero-order valence-corrected chi connectivity index (χ0v) is 16.6. The molecule has 0 aliphatic rings. The van der Waals surface area contributed by atoms with Crippen LogP contribution in [0.25, 0.3) is 10.4 Å². The Morgan fingerprint density at radius 1 is 0.969 bits per heavy atom. The van der Waals surface area contributed by atoms with Gasteiger partial charge in [-0.25, -0.2) is 4.39 Å². The first kappa shape index (κ1) is 22.8. The molecule has 0 spiro atoms. The number of carbonyl (C=O) groups excluding carboxylic acids is 1. The predicted octanol–water partition coefficient (Wildman–Crippen LogP) is 6.70. The van der Waals surface area contributed by atoms with E-state index < -0.39 is 36.4 Å². The number of hydrogen-bond donors (Lipinski definition) is 1. The normalized spacial score (nSPS) is 13.0. The Morgan fingerprint density at radius 3 is 2.09 bits per heavy atom. The van der Waals surface area contributed by atoms with Gasteiger partial charge in [-0.15, -0.1) is 0 Å². The Balaban J connectivity index is 2.04. The molecule has 0 radical (unpaired) electrons. The van der Waals surface area contributed by atoms with E-state index in [0.29, 0.717) is 23.3 Å². The van der Waals surface area contributed by atoms with Crippen LogP contribution >= 0.6 is 0 Å². The van der Waals surface area contributed by atoms with Gasteiger partial charge in [0.2, 0.25) is 0 Å². The standard InChI is InChI=1S/C23H18F4N4O/c24-14-15-11-18(13-19(12-15)23(25,26)27)22(32)29-20(16-7-3-1-4-8-16)21(30-31-28)17-9-5-2-6-10-17/h1-13,20-21H,14H2,(H,29,32)/t20-,21-/m0/s1. The summed E-state index contributed by atoms with van der Waals surface area (Å²) < 4.78 is 52.8. The third-order valence-electron chi connectivity index (χ3n) is 4.81. The third-order valence-corrected chi connectivity index (χ3v) is 4.81. The van der Waals surface area contributed by atoms with Crippen LogP contribution in [0, 0.1) is 0 Å². The minimum Gasteiger partial charge on any atom is -0.344 e. The van der Waals surface area contributed by atoms with Gasteiger partial charge in [-0.1, -0.05) is 65.8 Å². The minimum absolute atomic E-state index is 0.268. The highest BCUT2D eigenvalue weighted by Crippen LogP contribution is 2.34. The van der Waals surface area contributed by atoms with E-state index in [1.807, 2.05) is 0 Å². The third kappa shape index (κ3) is 5.44. The lowest BCUT2D eigenvalue weighted by Crippen LogP contribution is -2.32. The van der Waals surface area contributed by atoms with Gasteiger partial charge < -0.3 is 5.32 Å². The molecule has 0 unspecified atom stereocenters. The van der Waals surface area contributed by atoms with Gasteiger partial charge in [0.1, 0.15) is 6.67 Å². The smallest absolute Gasteiger partial charge is 0.344 e. The van der Waals surface area contributed by atoms with Crippen molar-refractivity contribution in [3.63, 3.8) is 0 Å². The van der Waals surface area contributed by atoms with Crippen LogP contribution in [0.3, 0.4) is 0 Å². The molecule has 3 aromatic rings. The largest absolute Gasteiger partial charge is 0.416 e. The van der Waals surface area contributed by atoms with E-state index in [9.17, 15) is 22.4 Å². The van der Waals surface area contributed by atoms with Crippen molar-refractivity contribution in [2.24, 2.45) is 5.11 Å². The van der Waals surface area contributed by atoms with E-state index >= 15 is 0 Å². The van der Waals surface area contributed by atoms with Crippen LogP contribution in [0.2, 0.25) is 0 Å². The number of benzene rings is 3. The Labute approximate surface area is 181 Å². The Morgan fingerprint density at radius 2 is 1.56 bits per heavy atom. The molecule has 32 heavy (non-hydrogen) atoms. The van der Waals surface area contributed by atoms with Crippen molar-refractivity contribution in [1.82, 2.24) is 5.32 Å². The number of azide groups is 1. The molecule has 9 heteroatoms. The fourth-order valence-electron chi connectivity index (χ4n) is 3.33. The molecule has 0 bridgehead atoms. The Bertz CT molecular complexity index is 1110. The fourth-order valence-corrected chi connectivity index (χ4v) is 3.33. The van der Waals surface area contributed by atoms with Crippen LogP contribution in [0.4, 0.5) is 17.6 Å². The van der Waals surface area contributed by atoms with E-state index in [-0.39, 0.29) is 11.1 Å². The van der Waals surface area contributed by atoms with Crippen LogP contribution in [0.1, 0.15) is 44.7 Å². The number of hydrogen-bond acceptors (Lipinski definition) is 2. The molecule has 5 nitrogen and oxygen atoms in total. The van der Waals surface area contributed by atoms with Crippen LogP contribution in [0.15, 0.2) is 84.0 Å². The van der Waals surface area contributed by atoms with Crippen LogP contribution < -0.4 is 5.32 Å². The maximum absolute atomic E-state index is 13.2. The summed E-state index contributed by atoms with van der Waals surface area (Å²) >= 11 is 0. The summed E-state index contributed by atoms with van der Waals surface area (Å²) in [5, 5.41) is 6.50. The van der Waals surface area contributed by atoms with Gasteiger partial charge in [0.25, 0.3) is 5.91 Å². The summed E-state index contributed by atoms with van der Waals surface area (Å²) in [5.74, 6) is -0.853. The molecule has 0 aliphatic carbocycles. The van der Waals surface area contributed by atoms with E-state index in [4.69, 9.17) is 5.53 Å². The van der Waals surface area contributed by atoms with Gasteiger partial charge in [-0.2, -0.15) is 13.2 Å². The number of carbonyl (C=O) groups is 1. The summed E-state index contributed by atoms with van der Waals surface area (Å²) in [4.78, 5) is 15.9. The van der Waals surface area contributed by atoms with Crippen LogP contribution in [-0.4, -0.2) is 5.91 Å². The minimum atomic E-state index is -4.74. The number of halogens is 4. The molecule has 0 heterocycles. The summed E-state index contributed by atoms with van der Waals surface area (Å²) in [6.45, 7) is -1.16. The zero-order chi connectivity index (χ0) is 23.1. The second kappa shape index (κ2) is 9.98. The van der Waals surface area contributed by atoms with E-state index in [0.717, 1.165) is 6.07 Å². The predicted molar refractivity (Wildman–Crippen MR) is 111 cm³/mol. The van der Waals surface area contributed by atoms with Gasteiger partial charge in [0, 0.05) is 10.5 Å². The molecule has 3 rings (SSSR count). The highest BCUT2D eigenvalue weighted by atomic mass is 19.4. The summed E-state index contributed by atoms with van der Waals surface area (Å²) in [5.41, 5.74) is 8.57. The first-order valence-corrected chi connectivity index (χ1v) is 9.55. The molecule has 1 amide bonds. The average molecular weight is 442 g/mol. The van der Waals surface area contributed by atoms with Crippen LogP contribution in [0.5, 0.6) is 0 Å². The van der Waals surface area contributed by atoms with Crippen LogP contribution in [-0.2, 0) is 12.9 Å². The second-order valence-electron chi connectivity index (χ2n) is 6.97. The van der Waals surface area contributed by atoms with Crippen molar-refractivity contribution in [2.45, 2.75) is 24.9 Å². The van der Waals surface area contributed by atoms with Gasteiger partial charge in [0.05, 0.1) is 17.6 Å². The number of rotatable bonds is 7. The lowest BCUT2D eigenvalue weighted by Gasteiger charge is -2.26. The molecule has 0 saturated heterocycles. The van der Waals surface area contributed by atoms with Crippen molar-refractivity contribution >= 4 is 5.91 Å². The maximum Gasteiger partial charge on any atom is 0.416 e. The zero-order valence-electron chi connectivity index (χ0n) is 16.6. The molecule has 3 aromatic carbocycles. The number of nitrogens with zero attached hydrogens (tertiary/aromatic N) is 3.